The van der Waals surface area contributed by atoms with Crippen molar-refractivity contribution in [2.75, 3.05) is 0 Å². The molecule has 2 unspecified atom stereocenters. The minimum atomic E-state index is -0.802. The Bertz CT molecular complexity index is 244. The smallest absolute Gasteiger partial charge is 0.318 e. The molecule has 0 aromatic heterocycles. The van der Waals surface area contributed by atoms with Gasteiger partial charge in [-0.15, -0.1) is 0 Å². The Morgan fingerprint density at radius 1 is 1.18 bits per heavy atom. The van der Waals surface area contributed by atoms with Crippen molar-refractivity contribution in [3.8, 4) is 0 Å². The number of rotatable bonds is 8. The molecular formula is C12H25N3O2. The number of unbranched alkanes of at least 4 members (excludes halogenated alkanes) is 1. The molecule has 3 amide bonds. The third kappa shape index (κ3) is 7.74. The summed E-state index contributed by atoms with van der Waals surface area (Å²) in [6.45, 7) is 6.01. The molecule has 5 heteroatoms. The van der Waals surface area contributed by atoms with Crippen molar-refractivity contribution in [3.63, 3.8) is 0 Å². The number of hydrogen-bond donors (Lipinski definition) is 3. The van der Waals surface area contributed by atoms with Gasteiger partial charge in [-0.05, 0) is 19.8 Å². The predicted octanol–water partition coefficient (Wildman–Crippen LogP) is 1.52. The van der Waals surface area contributed by atoms with Crippen LogP contribution in [-0.4, -0.2) is 24.0 Å². The van der Waals surface area contributed by atoms with Crippen molar-refractivity contribution in [1.29, 1.82) is 0 Å². The number of imide groups is 1. The second-order valence-corrected chi connectivity index (χ2v) is 4.37. The van der Waals surface area contributed by atoms with E-state index in [-0.39, 0.29) is 5.91 Å². The van der Waals surface area contributed by atoms with Crippen molar-refractivity contribution >= 4 is 11.9 Å². The molecule has 0 saturated carbocycles. The summed E-state index contributed by atoms with van der Waals surface area (Å²) < 4.78 is 0. The van der Waals surface area contributed by atoms with Crippen LogP contribution in [0.15, 0.2) is 0 Å². The summed E-state index contributed by atoms with van der Waals surface area (Å²) in [7, 11) is 0. The molecule has 0 aliphatic heterocycles. The van der Waals surface area contributed by atoms with Crippen LogP contribution in [0, 0.1) is 0 Å². The van der Waals surface area contributed by atoms with E-state index < -0.39 is 12.1 Å². The lowest BCUT2D eigenvalue weighted by Crippen LogP contribution is -2.49. The highest BCUT2D eigenvalue weighted by molar-refractivity contribution is 5.96. The fourth-order valence-corrected chi connectivity index (χ4v) is 1.77. The van der Waals surface area contributed by atoms with Gasteiger partial charge in [-0.1, -0.05) is 33.1 Å². The van der Waals surface area contributed by atoms with Gasteiger partial charge in [-0.2, -0.15) is 0 Å². The molecule has 0 radical (unpaired) electrons. The maximum Gasteiger partial charge on any atom is 0.318 e. The first kappa shape index (κ1) is 15.9. The summed E-state index contributed by atoms with van der Waals surface area (Å²) in [5.74, 6) is -0.366. The van der Waals surface area contributed by atoms with Gasteiger partial charge in [0.15, 0.2) is 0 Å². The predicted molar refractivity (Wildman–Crippen MR) is 68.5 cm³/mol. The molecule has 100 valence electrons. The Morgan fingerprint density at radius 2 is 1.82 bits per heavy atom. The number of hydrogen-bond acceptors (Lipinski definition) is 3. The molecule has 0 aliphatic carbocycles. The van der Waals surface area contributed by atoms with Crippen LogP contribution in [0.5, 0.6) is 0 Å². The van der Waals surface area contributed by atoms with E-state index in [9.17, 15) is 9.59 Å². The van der Waals surface area contributed by atoms with E-state index in [1.807, 2.05) is 0 Å². The van der Waals surface area contributed by atoms with Gasteiger partial charge < -0.3 is 11.1 Å². The first-order chi connectivity index (χ1) is 8.01. The Kier molecular flexibility index (Phi) is 8.40. The van der Waals surface area contributed by atoms with E-state index in [0.29, 0.717) is 6.04 Å². The second-order valence-electron chi connectivity index (χ2n) is 4.37. The van der Waals surface area contributed by atoms with Crippen LogP contribution in [0.25, 0.3) is 0 Å². The zero-order chi connectivity index (χ0) is 13.3. The monoisotopic (exact) mass is 243 g/mol. The van der Waals surface area contributed by atoms with Crippen molar-refractivity contribution in [2.45, 2.75) is 65.0 Å². The number of primary amides is 1. The third-order valence-electron chi connectivity index (χ3n) is 2.67. The van der Waals surface area contributed by atoms with Crippen LogP contribution >= 0.6 is 0 Å². The zero-order valence-electron chi connectivity index (χ0n) is 11.1. The molecule has 2 atom stereocenters. The SMILES string of the molecule is CCCCC(CCC)NC(C)C(=O)NC(N)=O. The van der Waals surface area contributed by atoms with E-state index in [1.165, 1.54) is 0 Å². The van der Waals surface area contributed by atoms with E-state index in [0.717, 1.165) is 32.1 Å². The Balaban J connectivity index is 4.13. The highest BCUT2D eigenvalue weighted by Crippen LogP contribution is 2.07. The minimum absolute atomic E-state index is 0.327. The molecule has 0 saturated heterocycles. The lowest BCUT2D eigenvalue weighted by Gasteiger charge is -2.22. The fourth-order valence-electron chi connectivity index (χ4n) is 1.77. The summed E-state index contributed by atoms with van der Waals surface area (Å²) in [4.78, 5) is 22.1. The van der Waals surface area contributed by atoms with Crippen molar-refractivity contribution in [1.82, 2.24) is 10.6 Å². The van der Waals surface area contributed by atoms with Gasteiger partial charge in [0.1, 0.15) is 0 Å². The van der Waals surface area contributed by atoms with Gasteiger partial charge in [-0.3, -0.25) is 10.1 Å². The van der Waals surface area contributed by atoms with Crippen molar-refractivity contribution < 1.29 is 9.59 Å². The van der Waals surface area contributed by atoms with Crippen LogP contribution in [0.4, 0.5) is 4.79 Å². The average molecular weight is 243 g/mol. The number of carbonyl (C=O) groups excluding carboxylic acids is 2. The molecule has 5 nitrogen and oxygen atoms in total. The number of urea groups is 1. The summed E-state index contributed by atoms with van der Waals surface area (Å²) >= 11 is 0. The lowest BCUT2D eigenvalue weighted by molar-refractivity contribution is -0.121. The standard InChI is InChI=1S/C12H25N3O2/c1-4-6-8-10(7-5-2)14-9(3)11(16)15-12(13)17/h9-10,14H,4-8H2,1-3H3,(H3,13,15,16,17). The van der Waals surface area contributed by atoms with Crippen LogP contribution in [0.2, 0.25) is 0 Å². The van der Waals surface area contributed by atoms with Crippen molar-refractivity contribution in [3.05, 3.63) is 0 Å². The minimum Gasteiger partial charge on any atom is -0.351 e. The maximum atomic E-state index is 11.5. The van der Waals surface area contributed by atoms with Crippen LogP contribution in [0.1, 0.15) is 52.9 Å². The Morgan fingerprint density at radius 3 is 2.29 bits per heavy atom. The van der Waals surface area contributed by atoms with Gasteiger partial charge in [0.25, 0.3) is 0 Å². The van der Waals surface area contributed by atoms with E-state index in [2.05, 4.69) is 24.5 Å². The fraction of sp³-hybridized carbons (Fsp3) is 0.833. The third-order valence-corrected chi connectivity index (χ3v) is 2.67. The highest BCUT2D eigenvalue weighted by atomic mass is 16.2. The van der Waals surface area contributed by atoms with E-state index >= 15 is 0 Å². The summed E-state index contributed by atoms with van der Waals surface area (Å²) in [6.07, 6.45) is 5.45. The number of amides is 3. The first-order valence-corrected chi connectivity index (χ1v) is 6.37. The molecule has 0 heterocycles. The number of carbonyl (C=O) groups is 2. The van der Waals surface area contributed by atoms with Crippen LogP contribution in [0.3, 0.4) is 0 Å². The molecule has 17 heavy (non-hydrogen) atoms. The van der Waals surface area contributed by atoms with Crippen LogP contribution < -0.4 is 16.4 Å². The normalized spacial score (nSPS) is 14.1. The quantitative estimate of drug-likeness (QED) is 0.604. The second kappa shape index (κ2) is 8.98. The van der Waals surface area contributed by atoms with Gasteiger partial charge in [-0.25, -0.2) is 4.79 Å². The molecule has 0 aromatic rings. The van der Waals surface area contributed by atoms with Gasteiger partial charge in [0.2, 0.25) is 5.91 Å². The van der Waals surface area contributed by atoms with Gasteiger partial charge in [0.05, 0.1) is 6.04 Å². The molecule has 0 rings (SSSR count). The molecule has 0 spiro atoms. The number of nitrogens with two attached hydrogens (primary N) is 1. The molecule has 0 aromatic carbocycles. The molecule has 0 bridgehead atoms. The van der Waals surface area contributed by atoms with E-state index in [4.69, 9.17) is 5.73 Å². The average Bonchev–Trinajstić information content (AvgIpc) is 2.25. The van der Waals surface area contributed by atoms with Gasteiger partial charge >= 0.3 is 6.03 Å². The molecular weight excluding hydrogens is 218 g/mol. The topological polar surface area (TPSA) is 84.2 Å². The van der Waals surface area contributed by atoms with Crippen molar-refractivity contribution in [2.24, 2.45) is 5.73 Å². The highest BCUT2D eigenvalue weighted by Gasteiger charge is 2.17. The Labute approximate surface area is 104 Å². The number of nitrogens with one attached hydrogen (secondary N) is 2. The zero-order valence-corrected chi connectivity index (χ0v) is 11.1. The summed E-state index contributed by atoms with van der Waals surface area (Å²) in [5.41, 5.74) is 4.90. The van der Waals surface area contributed by atoms with Crippen LogP contribution in [-0.2, 0) is 4.79 Å². The lowest BCUT2D eigenvalue weighted by atomic mass is 10.0. The largest absolute Gasteiger partial charge is 0.351 e. The Hall–Kier alpha value is -1.10. The first-order valence-electron chi connectivity index (χ1n) is 6.37. The van der Waals surface area contributed by atoms with Gasteiger partial charge in [0, 0.05) is 6.04 Å². The maximum absolute atomic E-state index is 11.5. The summed E-state index contributed by atoms with van der Waals surface area (Å²) in [6, 6.07) is -0.867. The molecule has 0 fully saturated rings. The summed E-state index contributed by atoms with van der Waals surface area (Å²) in [5, 5.41) is 5.32. The molecule has 0 aliphatic rings. The van der Waals surface area contributed by atoms with E-state index in [1.54, 1.807) is 6.92 Å². The molecule has 4 N–H and O–H groups in total.